The molecule has 160 valence electrons. The molecule has 2 heterocycles. The molecule has 0 saturated heterocycles. The zero-order chi connectivity index (χ0) is 22.3. The van der Waals surface area contributed by atoms with E-state index in [0.717, 1.165) is 24.7 Å². The minimum atomic E-state index is 0.140. The maximum atomic E-state index is 8.54. The number of ether oxygens (including phenoxy) is 1. The molecule has 1 N–H and O–H groups in total. The van der Waals surface area contributed by atoms with Crippen LogP contribution < -0.4 is 4.74 Å². The highest BCUT2D eigenvalue weighted by molar-refractivity contribution is 9.11. The van der Waals surface area contributed by atoms with E-state index in [1.807, 2.05) is 84.9 Å². The predicted octanol–water partition coefficient (Wildman–Crippen LogP) is 7.21. The van der Waals surface area contributed by atoms with Gasteiger partial charge in [-0.25, -0.2) is 9.97 Å². The second-order valence-corrected chi connectivity index (χ2v) is 8.68. The summed E-state index contributed by atoms with van der Waals surface area (Å²) in [5.41, 5.74) is 2.11. The molecule has 7 heteroatoms. The Bertz CT molecular complexity index is 964. The van der Waals surface area contributed by atoms with Crippen LogP contribution in [0.3, 0.4) is 0 Å². The Morgan fingerprint density at radius 3 is 1.61 bits per heavy atom. The van der Waals surface area contributed by atoms with E-state index in [2.05, 4.69) is 57.8 Å². The fraction of sp³-hybridized carbons (Fsp3) is 0.0833. The third-order valence-corrected chi connectivity index (χ3v) is 5.05. The lowest BCUT2D eigenvalue weighted by atomic mass is 10.2. The first kappa shape index (κ1) is 25.2. The molecule has 0 amide bonds. The second kappa shape index (κ2) is 14.9. The number of nitrogens with zero attached hydrogens (tertiary/aromatic N) is 2. The van der Waals surface area contributed by atoms with Gasteiger partial charge in [-0.3, -0.25) is 0 Å². The number of aromatic nitrogens is 2. The molecule has 0 spiro atoms. The average Bonchev–Trinajstić information content (AvgIpc) is 2.83. The summed E-state index contributed by atoms with van der Waals surface area (Å²) < 4.78 is 8.33. The average molecular weight is 609 g/mol. The Kier molecular flexibility index (Phi) is 12.1. The number of halogens is 3. The molecule has 0 aliphatic heterocycles. The van der Waals surface area contributed by atoms with Crippen molar-refractivity contribution in [3.05, 3.63) is 122 Å². The van der Waals surface area contributed by atoms with E-state index in [1.165, 1.54) is 0 Å². The fourth-order valence-electron chi connectivity index (χ4n) is 2.12. The molecule has 0 radical (unpaired) electrons. The molecule has 0 aliphatic carbocycles. The number of aliphatic hydroxyl groups excluding tert-OH is 1. The van der Waals surface area contributed by atoms with Gasteiger partial charge in [-0.15, -0.1) is 0 Å². The lowest BCUT2D eigenvalue weighted by Gasteiger charge is -2.04. The molecular formula is C24H21Br3N2O2. The van der Waals surface area contributed by atoms with Crippen molar-refractivity contribution in [1.82, 2.24) is 9.97 Å². The van der Waals surface area contributed by atoms with E-state index < -0.39 is 0 Å². The molecule has 4 nitrogen and oxygen atoms in total. The van der Waals surface area contributed by atoms with Gasteiger partial charge in [0.1, 0.15) is 11.2 Å². The van der Waals surface area contributed by atoms with Crippen molar-refractivity contribution in [1.29, 1.82) is 0 Å². The fourth-order valence-corrected chi connectivity index (χ4v) is 2.82. The van der Waals surface area contributed by atoms with Crippen molar-refractivity contribution in [2.75, 3.05) is 0 Å². The summed E-state index contributed by atoms with van der Waals surface area (Å²) in [5, 5.41) is 8.54. The highest BCUT2D eigenvalue weighted by Gasteiger charge is 1.96. The third kappa shape index (κ3) is 11.2. The van der Waals surface area contributed by atoms with Crippen LogP contribution in [-0.2, 0) is 13.2 Å². The Hall–Kier alpha value is -2.06. The summed E-state index contributed by atoms with van der Waals surface area (Å²) in [6.45, 7) is 0.691. The van der Waals surface area contributed by atoms with Crippen molar-refractivity contribution in [3.8, 4) is 5.88 Å². The first-order chi connectivity index (χ1) is 15.1. The SMILES string of the molecule is Brc1ccc(Br)nc1.Brc1ccc(OCc2ccccc2)nc1.OCc1ccccc1. The van der Waals surface area contributed by atoms with Gasteiger partial charge in [0, 0.05) is 27.4 Å². The van der Waals surface area contributed by atoms with Crippen LogP contribution in [0.15, 0.2) is 111 Å². The first-order valence-corrected chi connectivity index (χ1v) is 11.6. The zero-order valence-corrected chi connectivity index (χ0v) is 21.3. The molecule has 0 bridgehead atoms. The highest BCUT2D eigenvalue weighted by atomic mass is 79.9. The van der Waals surface area contributed by atoms with Crippen molar-refractivity contribution in [2.45, 2.75) is 13.2 Å². The smallest absolute Gasteiger partial charge is 0.213 e. The van der Waals surface area contributed by atoms with Gasteiger partial charge in [0.05, 0.1) is 6.61 Å². The van der Waals surface area contributed by atoms with Crippen LogP contribution >= 0.6 is 47.8 Å². The molecule has 0 unspecified atom stereocenters. The normalized spacial score (nSPS) is 9.55. The van der Waals surface area contributed by atoms with Crippen LogP contribution in [0, 0.1) is 0 Å². The zero-order valence-electron chi connectivity index (χ0n) is 16.5. The number of pyridine rings is 2. The second-order valence-electron chi connectivity index (χ2n) is 6.03. The molecule has 0 saturated carbocycles. The summed E-state index contributed by atoms with van der Waals surface area (Å²) in [5.74, 6) is 0.641. The number of hydrogen-bond donors (Lipinski definition) is 1. The molecule has 4 aromatic rings. The van der Waals surface area contributed by atoms with Crippen molar-refractivity contribution >= 4 is 47.8 Å². The van der Waals surface area contributed by atoms with Gasteiger partial charge in [-0.2, -0.15) is 0 Å². The number of benzene rings is 2. The molecular weight excluding hydrogens is 588 g/mol. The van der Waals surface area contributed by atoms with Crippen LogP contribution in [-0.4, -0.2) is 15.1 Å². The van der Waals surface area contributed by atoms with Crippen LogP contribution in [0.2, 0.25) is 0 Å². The minimum Gasteiger partial charge on any atom is -0.473 e. The van der Waals surface area contributed by atoms with Crippen molar-refractivity contribution in [2.24, 2.45) is 0 Å². The van der Waals surface area contributed by atoms with Gasteiger partial charge < -0.3 is 9.84 Å². The Morgan fingerprint density at radius 1 is 0.645 bits per heavy atom. The van der Waals surface area contributed by atoms with Crippen molar-refractivity contribution < 1.29 is 9.84 Å². The lowest BCUT2D eigenvalue weighted by molar-refractivity contribution is 0.282. The number of rotatable bonds is 4. The van der Waals surface area contributed by atoms with Gasteiger partial charge in [0.2, 0.25) is 5.88 Å². The van der Waals surface area contributed by atoms with E-state index in [9.17, 15) is 0 Å². The van der Waals surface area contributed by atoms with Gasteiger partial charge in [-0.1, -0.05) is 60.7 Å². The summed E-state index contributed by atoms with van der Waals surface area (Å²) in [6, 6.07) is 27.1. The largest absolute Gasteiger partial charge is 0.473 e. The van der Waals surface area contributed by atoms with Gasteiger partial charge in [-0.05, 0) is 77.1 Å². The molecule has 2 aromatic carbocycles. The van der Waals surface area contributed by atoms with E-state index >= 15 is 0 Å². The van der Waals surface area contributed by atoms with Crippen molar-refractivity contribution in [3.63, 3.8) is 0 Å². The van der Waals surface area contributed by atoms with E-state index in [1.54, 1.807) is 12.4 Å². The van der Waals surface area contributed by atoms with E-state index in [0.29, 0.717) is 12.5 Å². The lowest BCUT2D eigenvalue weighted by Crippen LogP contribution is -1.96. The summed E-state index contributed by atoms with van der Waals surface area (Å²) in [6.07, 6.45) is 3.46. The summed E-state index contributed by atoms with van der Waals surface area (Å²) in [4.78, 5) is 8.07. The minimum absolute atomic E-state index is 0.140. The summed E-state index contributed by atoms with van der Waals surface area (Å²) in [7, 11) is 0. The third-order valence-electron chi connectivity index (χ3n) is 3.65. The van der Waals surface area contributed by atoms with Gasteiger partial charge in [0.15, 0.2) is 0 Å². The molecule has 0 aliphatic rings. The molecule has 0 fully saturated rings. The predicted molar refractivity (Wildman–Crippen MR) is 135 cm³/mol. The topological polar surface area (TPSA) is 55.2 Å². The van der Waals surface area contributed by atoms with Crippen LogP contribution in [0.4, 0.5) is 0 Å². The maximum Gasteiger partial charge on any atom is 0.213 e. The Labute approximate surface area is 207 Å². The molecule has 31 heavy (non-hydrogen) atoms. The number of aliphatic hydroxyl groups is 1. The van der Waals surface area contributed by atoms with Crippen LogP contribution in [0.1, 0.15) is 11.1 Å². The highest BCUT2D eigenvalue weighted by Crippen LogP contribution is 2.13. The van der Waals surface area contributed by atoms with Crippen LogP contribution in [0.5, 0.6) is 5.88 Å². The standard InChI is InChI=1S/C12H10BrNO.C7H8O.C5H3Br2N/c13-11-6-7-12(14-8-11)15-9-10-4-2-1-3-5-10;8-6-7-4-2-1-3-5-7;6-4-1-2-5(7)8-3-4/h1-8H,9H2;1-5,8H,6H2;1-3H. The molecule has 0 atom stereocenters. The number of hydrogen-bond acceptors (Lipinski definition) is 4. The maximum absolute atomic E-state index is 8.54. The Morgan fingerprint density at radius 2 is 1.19 bits per heavy atom. The molecule has 2 aromatic heterocycles. The first-order valence-electron chi connectivity index (χ1n) is 9.27. The Balaban J connectivity index is 0.000000181. The monoisotopic (exact) mass is 606 g/mol. The van der Waals surface area contributed by atoms with Crippen LogP contribution in [0.25, 0.3) is 0 Å². The van der Waals surface area contributed by atoms with E-state index in [-0.39, 0.29) is 6.61 Å². The molecule has 4 rings (SSSR count). The van der Waals surface area contributed by atoms with E-state index in [4.69, 9.17) is 9.84 Å². The summed E-state index contributed by atoms with van der Waals surface area (Å²) >= 11 is 9.80. The van der Waals surface area contributed by atoms with Gasteiger partial charge in [0.25, 0.3) is 0 Å². The quantitative estimate of drug-likeness (QED) is 0.249. The van der Waals surface area contributed by atoms with Gasteiger partial charge >= 0.3 is 0 Å².